The van der Waals surface area contributed by atoms with Crippen LogP contribution in [-0.4, -0.2) is 32.3 Å². The van der Waals surface area contributed by atoms with Gasteiger partial charge >= 0.3 is 0 Å². The molecule has 2 N–H and O–H groups in total. The summed E-state index contributed by atoms with van der Waals surface area (Å²) >= 11 is 1.41. The Morgan fingerprint density at radius 1 is 1.03 bits per heavy atom. The number of para-hydroxylation sites is 1. The molecule has 2 aromatic carbocycles. The number of rotatable bonds is 9. The smallest absolute Gasteiger partial charge is 0.253 e. The molecule has 1 heterocycles. The van der Waals surface area contributed by atoms with Crippen LogP contribution in [0, 0.1) is 6.92 Å². The van der Waals surface area contributed by atoms with E-state index in [2.05, 4.69) is 25.4 Å². The van der Waals surface area contributed by atoms with Crippen molar-refractivity contribution in [3.63, 3.8) is 0 Å². The summed E-state index contributed by atoms with van der Waals surface area (Å²) in [7, 11) is 0. The van der Waals surface area contributed by atoms with Crippen molar-refractivity contribution in [3.8, 4) is 0 Å². The first-order valence-corrected chi connectivity index (χ1v) is 12.4. The maximum atomic E-state index is 12.8. The highest BCUT2D eigenvalue weighted by atomic mass is 32.2. The van der Waals surface area contributed by atoms with E-state index in [-0.39, 0.29) is 17.6 Å². The first kappa shape index (κ1) is 21.7. The monoisotopic (exact) mass is 461 g/mol. The molecule has 0 spiro atoms. The molecular weight excluding hydrogens is 434 g/mol. The lowest BCUT2D eigenvalue weighted by molar-refractivity contribution is -0.113. The number of carbonyl (C=O) groups excluding carboxylic acids is 2. The van der Waals surface area contributed by atoms with E-state index in [9.17, 15) is 9.59 Å². The van der Waals surface area contributed by atoms with Crippen LogP contribution in [-0.2, 0) is 11.3 Å². The summed E-state index contributed by atoms with van der Waals surface area (Å²) < 4.78 is 2.24. The molecule has 0 atom stereocenters. The van der Waals surface area contributed by atoms with Gasteiger partial charge in [-0.15, -0.1) is 10.2 Å². The summed E-state index contributed by atoms with van der Waals surface area (Å²) in [5.74, 6) is 1.44. The van der Waals surface area contributed by atoms with Crippen molar-refractivity contribution in [2.24, 2.45) is 0 Å². The van der Waals surface area contributed by atoms with Gasteiger partial charge in [-0.1, -0.05) is 53.7 Å². The third kappa shape index (κ3) is 5.27. The lowest BCUT2D eigenvalue weighted by Crippen LogP contribution is -2.25. The molecular formula is C25H27N5O2S. The molecule has 0 unspecified atom stereocenters. The van der Waals surface area contributed by atoms with Crippen LogP contribution in [0.4, 0.5) is 5.69 Å². The number of hydrogen-bond acceptors (Lipinski definition) is 5. The molecule has 0 aliphatic heterocycles. The summed E-state index contributed by atoms with van der Waals surface area (Å²) in [6, 6.07) is 15.6. The Morgan fingerprint density at radius 2 is 1.79 bits per heavy atom. The molecule has 3 aromatic rings. The molecule has 0 radical (unpaired) electrons. The molecule has 2 saturated carbocycles. The van der Waals surface area contributed by atoms with Gasteiger partial charge in [0, 0.05) is 18.5 Å². The van der Waals surface area contributed by atoms with Crippen molar-refractivity contribution in [1.29, 1.82) is 0 Å². The number of benzene rings is 2. The van der Waals surface area contributed by atoms with Crippen LogP contribution in [0.3, 0.4) is 0 Å². The second-order valence-electron chi connectivity index (χ2n) is 8.77. The first-order valence-electron chi connectivity index (χ1n) is 11.4. The van der Waals surface area contributed by atoms with Gasteiger partial charge in [-0.2, -0.15) is 0 Å². The fourth-order valence-corrected chi connectivity index (χ4v) is 4.59. The van der Waals surface area contributed by atoms with Gasteiger partial charge in [0.1, 0.15) is 5.82 Å². The van der Waals surface area contributed by atoms with Crippen molar-refractivity contribution >= 4 is 29.3 Å². The molecule has 2 fully saturated rings. The molecule has 7 nitrogen and oxygen atoms in total. The van der Waals surface area contributed by atoms with Gasteiger partial charge in [0.15, 0.2) is 5.16 Å². The fourth-order valence-electron chi connectivity index (χ4n) is 3.77. The third-order valence-electron chi connectivity index (χ3n) is 5.90. The second-order valence-corrected chi connectivity index (χ2v) is 9.71. The zero-order valence-corrected chi connectivity index (χ0v) is 19.4. The number of aryl methyl sites for hydroxylation is 1. The zero-order valence-electron chi connectivity index (χ0n) is 18.6. The van der Waals surface area contributed by atoms with E-state index < -0.39 is 0 Å². The molecule has 0 saturated heterocycles. The average Bonchev–Trinajstić information content (AvgIpc) is 3.76. The molecule has 8 heteroatoms. The normalized spacial score (nSPS) is 15.3. The topological polar surface area (TPSA) is 88.9 Å². The van der Waals surface area contributed by atoms with E-state index >= 15 is 0 Å². The molecule has 33 heavy (non-hydrogen) atoms. The number of aromatic nitrogens is 3. The molecule has 5 rings (SSSR count). The Kier molecular flexibility index (Phi) is 6.17. The highest BCUT2D eigenvalue weighted by Gasteiger charge is 2.36. The Hall–Kier alpha value is -3.13. The van der Waals surface area contributed by atoms with Crippen LogP contribution in [0.15, 0.2) is 53.7 Å². The van der Waals surface area contributed by atoms with E-state index in [1.54, 1.807) is 18.2 Å². The van der Waals surface area contributed by atoms with Crippen molar-refractivity contribution in [1.82, 2.24) is 20.1 Å². The summed E-state index contributed by atoms with van der Waals surface area (Å²) in [6.07, 6.45) is 4.67. The summed E-state index contributed by atoms with van der Waals surface area (Å²) in [5.41, 5.74) is 3.15. The van der Waals surface area contributed by atoms with Crippen LogP contribution < -0.4 is 10.6 Å². The lowest BCUT2D eigenvalue weighted by atomic mass is 10.1. The highest BCUT2D eigenvalue weighted by Crippen LogP contribution is 2.46. The third-order valence-corrected chi connectivity index (χ3v) is 6.84. The molecule has 2 aliphatic rings. The van der Waals surface area contributed by atoms with E-state index in [0.29, 0.717) is 29.8 Å². The quantitative estimate of drug-likeness (QED) is 0.459. The minimum Gasteiger partial charge on any atom is -0.348 e. The summed E-state index contributed by atoms with van der Waals surface area (Å²) in [6.45, 7) is 2.46. The van der Waals surface area contributed by atoms with Gasteiger partial charge in [-0.25, -0.2) is 0 Å². The number of anilines is 1. The van der Waals surface area contributed by atoms with Gasteiger partial charge in [-0.3, -0.25) is 9.59 Å². The standard InChI is InChI=1S/C25H27N5O2S/c1-16-6-8-17(9-7-16)14-26-24(32)20-4-2-3-5-21(20)27-22(31)15-33-25-29-28-23(18-10-11-18)30(25)19-12-13-19/h2-9,18-19H,10-15H2,1H3,(H,26,32)(H,27,31). The minimum atomic E-state index is -0.221. The molecule has 2 amide bonds. The van der Waals surface area contributed by atoms with Crippen LogP contribution in [0.5, 0.6) is 0 Å². The van der Waals surface area contributed by atoms with Crippen molar-refractivity contribution in [2.75, 3.05) is 11.1 Å². The Morgan fingerprint density at radius 3 is 2.52 bits per heavy atom. The minimum absolute atomic E-state index is 0.169. The molecule has 0 bridgehead atoms. The predicted molar refractivity (Wildman–Crippen MR) is 128 cm³/mol. The number of hydrogen-bond donors (Lipinski definition) is 2. The highest BCUT2D eigenvalue weighted by molar-refractivity contribution is 7.99. The van der Waals surface area contributed by atoms with Crippen molar-refractivity contribution in [2.45, 2.75) is 56.3 Å². The average molecular weight is 462 g/mol. The second kappa shape index (κ2) is 9.39. The number of nitrogens with one attached hydrogen (secondary N) is 2. The van der Waals surface area contributed by atoms with Crippen LogP contribution >= 0.6 is 11.8 Å². The van der Waals surface area contributed by atoms with Gasteiger partial charge in [0.2, 0.25) is 5.91 Å². The van der Waals surface area contributed by atoms with Gasteiger partial charge in [0.05, 0.1) is 17.0 Å². The SMILES string of the molecule is Cc1ccc(CNC(=O)c2ccccc2NC(=O)CSc2nnc(C3CC3)n2C2CC2)cc1. The molecule has 1 aromatic heterocycles. The van der Waals surface area contributed by atoms with E-state index in [1.165, 1.54) is 30.2 Å². The number of carbonyl (C=O) groups is 2. The molecule has 170 valence electrons. The Labute approximate surface area is 197 Å². The maximum absolute atomic E-state index is 12.8. The van der Waals surface area contributed by atoms with Crippen LogP contribution in [0.25, 0.3) is 0 Å². The van der Waals surface area contributed by atoms with Gasteiger partial charge in [0.25, 0.3) is 5.91 Å². The fraction of sp³-hybridized carbons (Fsp3) is 0.360. The summed E-state index contributed by atoms with van der Waals surface area (Å²) in [5, 5.41) is 15.4. The van der Waals surface area contributed by atoms with Crippen LogP contribution in [0.2, 0.25) is 0 Å². The van der Waals surface area contributed by atoms with E-state index in [4.69, 9.17) is 0 Å². The molecule has 2 aliphatic carbocycles. The maximum Gasteiger partial charge on any atom is 0.253 e. The number of amides is 2. The Bertz CT molecular complexity index is 1170. The number of nitrogens with zero attached hydrogens (tertiary/aromatic N) is 3. The lowest BCUT2D eigenvalue weighted by Gasteiger charge is -2.12. The zero-order chi connectivity index (χ0) is 22.8. The van der Waals surface area contributed by atoms with Gasteiger partial charge < -0.3 is 15.2 Å². The number of thioether (sulfide) groups is 1. The largest absolute Gasteiger partial charge is 0.348 e. The van der Waals surface area contributed by atoms with Crippen LogP contribution in [0.1, 0.15) is 65.0 Å². The first-order chi connectivity index (χ1) is 16.1. The van der Waals surface area contributed by atoms with Gasteiger partial charge in [-0.05, 0) is 50.3 Å². The van der Waals surface area contributed by atoms with E-state index in [0.717, 1.165) is 29.4 Å². The Balaban J connectivity index is 1.20. The van der Waals surface area contributed by atoms with E-state index in [1.807, 2.05) is 37.3 Å². The van der Waals surface area contributed by atoms with Crippen molar-refractivity contribution < 1.29 is 9.59 Å². The predicted octanol–water partition coefficient (Wildman–Crippen LogP) is 4.46. The van der Waals surface area contributed by atoms with Crippen molar-refractivity contribution in [3.05, 3.63) is 71.0 Å². The summed E-state index contributed by atoms with van der Waals surface area (Å²) in [4.78, 5) is 25.5.